The molecule has 1 unspecified atom stereocenters. The number of benzene rings is 1. The van der Waals surface area contributed by atoms with E-state index >= 15 is 0 Å². The lowest BCUT2D eigenvalue weighted by Gasteiger charge is -2.18. The second-order valence-corrected chi connectivity index (χ2v) is 5.41. The van der Waals surface area contributed by atoms with Gasteiger partial charge in [-0.3, -0.25) is 0 Å². The van der Waals surface area contributed by atoms with Crippen LogP contribution in [0.15, 0.2) is 42.6 Å². The van der Waals surface area contributed by atoms with Crippen molar-refractivity contribution in [2.75, 3.05) is 6.54 Å². The quantitative estimate of drug-likeness (QED) is 0.799. The molecule has 0 bridgehead atoms. The summed E-state index contributed by atoms with van der Waals surface area (Å²) in [5.41, 5.74) is 2.52. The van der Waals surface area contributed by atoms with Crippen LogP contribution in [-0.2, 0) is 6.42 Å². The third kappa shape index (κ3) is 5.27. The Bertz CT molecular complexity index is 525. The number of nitrogens with zero attached hydrogens (tertiary/aromatic N) is 2. The maximum Gasteiger partial charge on any atom is 0.125 e. The molecule has 0 aliphatic heterocycles. The zero-order chi connectivity index (χ0) is 14.9. The number of rotatable bonds is 8. The largest absolute Gasteiger partial charge is 0.309 e. The summed E-state index contributed by atoms with van der Waals surface area (Å²) in [5.74, 6) is 0.846. The van der Waals surface area contributed by atoms with E-state index in [0.29, 0.717) is 6.04 Å². The van der Waals surface area contributed by atoms with Gasteiger partial charge in [-0.15, -0.1) is 0 Å². The maximum atomic E-state index is 4.58. The molecule has 0 aliphatic rings. The highest BCUT2D eigenvalue weighted by Crippen LogP contribution is 2.18. The molecule has 0 saturated heterocycles. The van der Waals surface area contributed by atoms with Crippen LogP contribution in [0.1, 0.15) is 49.3 Å². The van der Waals surface area contributed by atoms with E-state index in [9.17, 15) is 0 Å². The summed E-state index contributed by atoms with van der Waals surface area (Å²) in [6.07, 6.45) is 6.38. The summed E-state index contributed by atoms with van der Waals surface area (Å²) in [6, 6.07) is 13.0. The van der Waals surface area contributed by atoms with Gasteiger partial charge < -0.3 is 5.32 Å². The molecule has 3 nitrogen and oxygen atoms in total. The van der Waals surface area contributed by atoms with E-state index in [4.69, 9.17) is 0 Å². The monoisotopic (exact) mass is 283 g/mol. The van der Waals surface area contributed by atoms with Gasteiger partial charge in [0.25, 0.3) is 0 Å². The predicted octanol–water partition coefficient (Wildman–Crippen LogP) is 3.85. The Balaban J connectivity index is 1.93. The topological polar surface area (TPSA) is 37.8 Å². The lowest BCUT2D eigenvalue weighted by atomic mass is 10.0. The summed E-state index contributed by atoms with van der Waals surface area (Å²) in [5, 5.41) is 3.61. The molecule has 3 heteroatoms. The van der Waals surface area contributed by atoms with Crippen molar-refractivity contribution < 1.29 is 0 Å². The maximum absolute atomic E-state index is 4.58. The SMILES string of the molecule is CCCNC(CCCc1ccccc1)c1ccnc(C)n1. The van der Waals surface area contributed by atoms with Gasteiger partial charge in [-0.05, 0) is 50.8 Å². The molecule has 0 radical (unpaired) electrons. The lowest BCUT2D eigenvalue weighted by Crippen LogP contribution is -2.23. The molecular weight excluding hydrogens is 258 g/mol. The predicted molar refractivity (Wildman–Crippen MR) is 87.2 cm³/mol. The van der Waals surface area contributed by atoms with Crippen molar-refractivity contribution >= 4 is 0 Å². The van der Waals surface area contributed by atoms with Crippen molar-refractivity contribution in [2.24, 2.45) is 0 Å². The summed E-state index contributed by atoms with van der Waals surface area (Å²) >= 11 is 0. The Morgan fingerprint density at radius 3 is 2.67 bits per heavy atom. The van der Waals surface area contributed by atoms with Gasteiger partial charge in [0.05, 0.1) is 5.69 Å². The third-order valence-corrected chi connectivity index (χ3v) is 3.60. The Morgan fingerprint density at radius 1 is 1.14 bits per heavy atom. The van der Waals surface area contributed by atoms with Crippen molar-refractivity contribution in [2.45, 2.75) is 45.6 Å². The van der Waals surface area contributed by atoms with E-state index in [-0.39, 0.29) is 0 Å². The molecule has 1 N–H and O–H groups in total. The fourth-order valence-electron chi connectivity index (χ4n) is 2.50. The van der Waals surface area contributed by atoms with Gasteiger partial charge in [0.2, 0.25) is 0 Å². The van der Waals surface area contributed by atoms with Crippen LogP contribution in [0.5, 0.6) is 0 Å². The van der Waals surface area contributed by atoms with Gasteiger partial charge in [0, 0.05) is 12.2 Å². The second-order valence-electron chi connectivity index (χ2n) is 5.41. The normalized spacial score (nSPS) is 12.3. The number of hydrogen-bond donors (Lipinski definition) is 1. The number of nitrogens with one attached hydrogen (secondary N) is 1. The smallest absolute Gasteiger partial charge is 0.125 e. The van der Waals surface area contributed by atoms with Crippen molar-refractivity contribution in [3.05, 3.63) is 59.7 Å². The Kier molecular flexibility index (Phi) is 6.35. The van der Waals surface area contributed by atoms with Crippen molar-refractivity contribution in [1.82, 2.24) is 15.3 Å². The fourth-order valence-corrected chi connectivity index (χ4v) is 2.50. The zero-order valence-corrected chi connectivity index (χ0v) is 13.0. The molecule has 1 aromatic carbocycles. The number of aryl methyl sites for hydroxylation is 2. The van der Waals surface area contributed by atoms with Crippen LogP contribution >= 0.6 is 0 Å². The molecule has 112 valence electrons. The molecule has 2 aromatic rings. The summed E-state index contributed by atoms with van der Waals surface area (Å²) in [6.45, 7) is 5.17. The van der Waals surface area contributed by atoms with Gasteiger partial charge in [-0.25, -0.2) is 9.97 Å². The molecule has 0 spiro atoms. The zero-order valence-electron chi connectivity index (χ0n) is 13.0. The van der Waals surface area contributed by atoms with Gasteiger partial charge in [-0.2, -0.15) is 0 Å². The minimum Gasteiger partial charge on any atom is -0.309 e. The molecule has 0 aliphatic carbocycles. The van der Waals surface area contributed by atoms with Crippen molar-refractivity contribution in [3.63, 3.8) is 0 Å². The average Bonchev–Trinajstić information content (AvgIpc) is 2.51. The average molecular weight is 283 g/mol. The first kappa shape index (κ1) is 15.6. The molecule has 1 heterocycles. The Morgan fingerprint density at radius 2 is 1.95 bits per heavy atom. The minimum absolute atomic E-state index is 0.329. The molecule has 0 fully saturated rings. The van der Waals surface area contributed by atoms with E-state index in [1.165, 1.54) is 5.56 Å². The fraction of sp³-hybridized carbons (Fsp3) is 0.444. The van der Waals surface area contributed by atoms with Gasteiger partial charge in [0.1, 0.15) is 5.82 Å². The standard InChI is InChI=1S/C18H25N3/c1-3-13-20-17(18-12-14-19-15(2)21-18)11-7-10-16-8-5-4-6-9-16/h4-6,8-9,12,14,17,20H,3,7,10-11,13H2,1-2H3. The van der Waals surface area contributed by atoms with Crippen LogP contribution in [0.2, 0.25) is 0 Å². The number of hydrogen-bond acceptors (Lipinski definition) is 3. The van der Waals surface area contributed by atoms with E-state index < -0.39 is 0 Å². The molecular formula is C18H25N3. The van der Waals surface area contributed by atoms with Crippen molar-refractivity contribution in [1.29, 1.82) is 0 Å². The first-order valence-electron chi connectivity index (χ1n) is 7.86. The van der Waals surface area contributed by atoms with Crippen LogP contribution in [0.4, 0.5) is 0 Å². The first-order valence-corrected chi connectivity index (χ1v) is 7.86. The van der Waals surface area contributed by atoms with E-state index in [0.717, 1.165) is 43.7 Å². The van der Waals surface area contributed by atoms with Gasteiger partial charge in [0.15, 0.2) is 0 Å². The summed E-state index contributed by atoms with van der Waals surface area (Å²) < 4.78 is 0. The molecule has 1 atom stereocenters. The van der Waals surface area contributed by atoms with Crippen molar-refractivity contribution in [3.8, 4) is 0 Å². The number of aromatic nitrogens is 2. The highest BCUT2D eigenvalue weighted by atomic mass is 15.0. The van der Waals surface area contributed by atoms with E-state index in [1.807, 2.05) is 19.2 Å². The van der Waals surface area contributed by atoms with Gasteiger partial charge in [-0.1, -0.05) is 37.3 Å². The minimum atomic E-state index is 0.329. The molecule has 21 heavy (non-hydrogen) atoms. The highest BCUT2D eigenvalue weighted by molar-refractivity contribution is 5.15. The van der Waals surface area contributed by atoms with Crippen LogP contribution < -0.4 is 5.32 Å². The van der Waals surface area contributed by atoms with Crippen LogP contribution in [0.3, 0.4) is 0 Å². The Hall–Kier alpha value is -1.74. The van der Waals surface area contributed by atoms with Crippen LogP contribution in [0, 0.1) is 6.92 Å². The van der Waals surface area contributed by atoms with Crippen LogP contribution in [0.25, 0.3) is 0 Å². The summed E-state index contributed by atoms with van der Waals surface area (Å²) in [4.78, 5) is 8.77. The van der Waals surface area contributed by atoms with E-state index in [1.54, 1.807) is 0 Å². The Labute approximate surface area is 127 Å². The van der Waals surface area contributed by atoms with Gasteiger partial charge >= 0.3 is 0 Å². The molecule has 0 saturated carbocycles. The van der Waals surface area contributed by atoms with E-state index in [2.05, 4.69) is 52.5 Å². The lowest BCUT2D eigenvalue weighted by molar-refractivity contribution is 0.473. The highest BCUT2D eigenvalue weighted by Gasteiger charge is 2.12. The third-order valence-electron chi connectivity index (χ3n) is 3.60. The molecule has 1 aromatic heterocycles. The summed E-state index contributed by atoms with van der Waals surface area (Å²) in [7, 11) is 0. The molecule has 2 rings (SSSR count). The van der Waals surface area contributed by atoms with Crippen LogP contribution in [-0.4, -0.2) is 16.5 Å². The molecule has 0 amide bonds. The second kappa shape index (κ2) is 8.53. The first-order chi connectivity index (χ1) is 10.3.